The summed E-state index contributed by atoms with van der Waals surface area (Å²) >= 11 is 1.37. The van der Waals surface area contributed by atoms with Gasteiger partial charge in [-0.2, -0.15) is 5.10 Å². The number of hydrogen-bond acceptors (Lipinski definition) is 7. The summed E-state index contributed by atoms with van der Waals surface area (Å²) in [6.07, 6.45) is 3.46. The lowest BCUT2D eigenvalue weighted by Crippen LogP contribution is -2.03. The standard InChI is InChI=1S/C19H14N4O2S/c1-12(14-6-4-8-20-10-14)22-23-19-21-16(11-26-19)15-9-13-5-2-3-7-17(13)25-18(15)24/h2-11H,1H3,(H,21,23)/b22-12+. The highest BCUT2D eigenvalue weighted by Gasteiger charge is 2.11. The van der Waals surface area contributed by atoms with E-state index in [-0.39, 0.29) is 0 Å². The second-order valence-electron chi connectivity index (χ2n) is 5.57. The quantitative estimate of drug-likeness (QED) is 0.335. The molecule has 0 spiro atoms. The number of para-hydroxylation sites is 1. The molecule has 4 rings (SSSR count). The minimum Gasteiger partial charge on any atom is -0.422 e. The van der Waals surface area contributed by atoms with Crippen molar-refractivity contribution in [3.05, 3.63) is 76.2 Å². The topological polar surface area (TPSA) is 80.4 Å². The molecule has 0 aliphatic carbocycles. The zero-order valence-corrected chi connectivity index (χ0v) is 14.7. The molecule has 0 bridgehead atoms. The summed E-state index contributed by atoms with van der Waals surface area (Å²) in [5, 5.41) is 7.57. The summed E-state index contributed by atoms with van der Waals surface area (Å²) in [6.45, 7) is 1.89. The first kappa shape index (κ1) is 16.2. The van der Waals surface area contributed by atoms with Gasteiger partial charge in [-0.1, -0.05) is 24.3 Å². The summed E-state index contributed by atoms with van der Waals surface area (Å²) in [5.74, 6) is 0. The predicted molar refractivity (Wildman–Crippen MR) is 104 cm³/mol. The summed E-state index contributed by atoms with van der Waals surface area (Å²) in [4.78, 5) is 20.7. The van der Waals surface area contributed by atoms with Crippen LogP contribution in [0.15, 0.2) is 74.6 Å². The van der Waals surface area contributed by atoms with Crippen molar-refractivity contribution in [2.75, 3.05) is 5.43 Å². The number of anilines is 1. The van der Waals surface area contributed by atoms with Crippen molar-refractivity contribution < 1.29 is 4.42 Å². The van der Waals surface area contributed by atoms with Crippen molar-refractivity contribution in [2.45, 2.75) is 6.92 Å². The number of fused-ring (bicyclic) bond motifs is 1. The third-order valence-corrected chi connectivity index (χ3v) is 4.57. The molecule has 0 aliphatic heterocycles. The smallest absolute Gasteiger partial charge is 0.345 e. The molecule has 0 atom stereocenters. The van der Waals surface area contributed by atoms with Crippen molar-refractivity contribution in [2.24, 2.45) is 5.10 Å². The molecule has 1 aromatic carbocycles. The van der Waals surface area contributed by atoms with Gasteiger partial charge in [0.1, 0.15) is 5.58 Å². The van der Waals surface area contributed by atoms with E-state index in [0.717, 1.165) is 16.7 Å². The van der Waals surface area contributed by atoms with Crippen molar-refractivity contribution >= 4 is 33.1 Å². The van der Waals surface area contributed by atoms with Crippen LogP contribution in [-0.4, -0.2) is 15.7 Å². The molecular formula is C19H14N4O2S. The van der Waals surface area contributed by atoms with Crippen LogP contribution in [0.2, 0.25) is 0 Å². The second-order valence-corrected chi connectivity index (χ2v) is 6.43. The molecule has 0 unspecified atom stereocenters. The highest BCUT2D eigenvalue weighted by atomic mass is 32.1. The van der Waals surface area contributed by atoms with E-state index in [2.05, 4.69) is 20.5 Å². The highest BCUT2D eigenvalue weighted by Crippen LogP contribution is 2.25. The third kappa shape index (κ3) is 3.25. The minimum absolute atomic E-state index is 0.407. The van der Waals surface area contributed by atoms with Gasteiger partial charge in [-0.15, -0.1) is 11.3 Å². The lowest BCUT2D eigenvalue weighted by molar-refractivity contribution is 0.563. The van der Waals surface area contributed by atoms with Gasteiger partial charge < -0.3 is 4.42 Å². The van der Waals surface area contributed by atoms with Crippen LogP contribution in [0.1, 0.15) is 12.5 Å². The first-order valence-electron chi connectivity index (χ1n) is 7.90. The summed E-state index contributed by atoms with van der Waals surface area (Å²) in [6, 6.07) is 13.0. The Hall–Kier alpha value is -3.32. The van der Waals surface area contributed by atoms with E-state index in [9.17, 15) is 4.79 Å². The van der Waals surface area contributed by atoms with E-state index in [1.54, 1.807) is 29.9 Å². The number of thiazole rings is 1. The van der Waals surface area contributed by atoms with E-state index >= 15 is 0 Å². The molecule has 0 fully saturated rings. The number of hydrazone groups is 1. The van der Waals surface area contributed by atoms with Gasteiger partial charge in [0.25, 0.3) is 0 Å². The number of nitrogens with one attached hydrogen (secondary N) is 1. The van der Waals surface area contributed by atoms with E-state index in [4.69, 9.17) is 4.42 Å². The largest absolute Gasteiger partial charge is 0.422 e. The van der Waals surface area contributed by atoms with Crippen LogP contribution in [0.25, 0.3) is 22.2 Å². The number of nitrogens with zero attached hydrogens (tertiary/aromatic N) is 3. The molecular weight excluding hydrogens is 348 g/mol. The van der Waals surface area contributed by atoms with Crippen LogP contribution >= 0.6 is 11.3 Å². The van der Waals surface area contributed by atoms with Crippen LogP contribution < -0.4 is 11.1 Å². The fraction of sp³-hybridized carbons (Fsp3) is 0.0526. The molecule has 0 saturated carbocycles. The first-order chi connectivity index (χ1) is 12.7. The van der Waals surface area contributed by atoms with E-state index in [1.165, 1.54) is 11.3 Å². The molecule has 0 radical (unpaired) electrons. The lowest BCUT2D eigenvalue weighted by Gasteiger charge is -2.00. The van der Waals surface area contributed by atoms with Gasteiger partial charge in [-0.05, 0) is 25.1 Å². The molecule has 7 heteroatoms. The molecule has 3 aromatic heterocycles. The predicted octanol–water partition coefficient (Wildman–Crippen LogP) is 4.15. The van der Waals surface area contributed by atoms with Crippen molar-refractivity contribution in [1.29, 1.82) is 0 Å². The SMILES string of the molecule is C/C(=N\Nc1nc(-c2cc3ccccc3oc2=O)cs1)c1cccnc1. The fourth-order valence-electron chi connectivity index (χ4n) is 2.46. The molecule has 0 amide bonds. The Morgan fingerprint density at radius 2 is 2.12 bits per heavy atom. The Morgan fingerprint density at radius 3 is 2.96 bits per heavy atom. The molecule has 4 aromatic rings. The van der Waals surface area contributed by atoms with Crippen LogP contribution in [0.4, 0.5) is 5.13 Å². The molecule has 26 heavy (non-hydrogen) atoms. The molecule has 1 N–H and O–H groups in total. The Labute approximate surface area is 152 Å². The zero-order chi connectivity index (χ0) is 17.9. The zero-order valence-electron chi connectivity index (χ0n) is 13.8. The van der Waals surface area contributed by atoms with Gasteiger partial charge in [0, 0.05) is 28.7 Å². The van der Waals surface area contributed by atoms with E-state index in [1.807, 2.05) is 37.3 Å². The van der Waals surface area contributed by atoms with Gasteiger partial charge in [0.05, 0.1) is 17.0 Å². The maximum atomic E-state index is 12.2. The maximum Gasteiger partial charge on any atom is 0.345 e. The average Bonchev–Trinajstić information content (AvgIpc) is 3.15. The Morgan fingerprint density at radius 1 is 1.23 bits per heavy atom. The lowest BCUT2D eigenvalue weighted by atomic mass is 10.1. The number of rotatable bonds is 4. The maximum absolute atomic E-state index is 12.2. The van der Waals surface area contributed by atoms with Gasteiger partial charge in [0.15, 0.2) is 0 Å². The third-order valence-electron chi connectivity index (χ3n) is 3.82. The first-order valence-corrected chi connectivity index (χ1v) is 8.78. The van der Waals surface area contributed by atoms with Gasteiger partial charge in [-0.3, -0.25) is 10.4 Å². The molecule has 128 valence electrons. The second kappa shape index (κ2) is 6.89. The normalized spacial score (nSPS) is 11.7. The Bertz CT molecular complexity index is 1150. The molecule has 0 aliphatic rings. The van der Waals surface area contributed by atoms with Crippen LogP contribution in [0.3, 0.4) is 0 Å². The Kier molecular flexibility index (Phi) is 4.28. The van der Waals surface area contributed by atoms with Crippen LogP contribution in [0, 0.1) is 0 Å². The molecule has 6 nitrogen and oxygen atoms in total. The molecule has 3 heterocycles. The highest BCUT2D eigenvalue weighted by molar-refractivity contribution is 7.14. The molecule has 0 saturated heterocycles. The van der Waals surface area contributed by atoms with Gasteiger partial charge >= 0.3 is 5.63 Å². The summed E-state index contributed by atoms with van der Waals surface area (Å²) in [5.41, 5.74) is 5.79. The summed E-state index contributed by atoms with van der Waals surface area (Å²) in [7, 11) is 0. The van der Waals surface area contributed by atoms with Crippen molar-refractivity contribution in [1.82, 2.24) is 9.97 Å². The summed E-state index contributed by atoms with van der Waals surface area (Å²) < 4.78 is 5.37. The van der Waals surface area contributed by atoms with Crippen LogP contribution in [-0.2, 0) is 0 Å². The number of benzene rings is 1. The van der Waals surface area contributed by atoms with E-state index < -0.39 is 5.63 Å². The monoisotopic (exact) mass is 362 g/mol. The van der Waals surface area contributed by atoms with Crippen molar-refractivity contribution in [3.8, 4) is 11.3 Å². The van der Waals surface area contributed by atoms with Crippen molar-refractivity contribution in [3.63, 3.8) is 0 Å². The van der Waals surface area contributed by atoms with Gasteiger partial charge in [0.2, 0.25) is 5.13 Å². The number of hydrogen-bond donors (Lipinski definition) is 1. The Balaban J connectivity index is 1.61. The number of aromatic nitrogens is 2. The van der Waals surface area contributed by atoms with E-state index in [0.29, 0.717) is 22.0 Å². The number of pyridine rings is 1. The van der Waals surface area contributed by atoms with Gasteiger partial charge in [-0.25, -0.2) is 9.78 Å². The fourth-order valence-corrected chi connectivity index (χ4v) is 3.11. The van der Waals surface area contributed by atoms with Crippen LogP contribution in [0.5, 0.6) is 0 Å². The average molecular weight is 362 g/mol. The minimum atomic E-state index is -0.407.